The van der Waals surface area contributed by atoms with Crippen molar-refractivity contribution in [1.29, 1.82) is 0 Å². The summed E-state index contributed by atoms with van der Waals surface area (Å²) in [6, 6.07) is 5.39. The van der Waals surface area contributed by atoms with Gasteiger partial charge in [-0.15, -0.1) is 0 Å². The van der Waals surface area contributed by atoms with Crippen LogP contribution < -0.4 is 10.2 Å². The standard InChI is InChI=1S/C14H15FN2O2/c15-10-3-5-11(6-4-10)17-8-7-12(18)16-13(14(17)19)9-1-2-9/h3-6,9,13H,1-2,7-8H2,(H,16,18). The molecule has 1 heterocycles. The Bertz CT molecular complexity index is 511. The first kappa shape index (κ1) is 12.1. The summed E-state index contributed by atoms with van der Waals surface area (Å²) in [5.74, 6) is -0.244. The number of halogens is 1. The number of hydrogen-bond donors (Lipinski definition) is 1. The van der Waals surface area contributed by atoms with Gasteiger partial charge in [-0.3, -0.25) is 9.59 Å². The third kappa shape index (κ3) is 2.45. The van der Waals surface area contributed by atoms with Crippen molar-refractivity contribution >= 4 is 17.5 Å². The lowest BCUT2D eigenvalue weighted by Gasteiger charge is -2.24. The summed E-state index contributed by atoms with van der Waals surface area (Å²) >= 11 is 0. The lowest BCUT2D eigenvalue weighted by Crippen LogP contribution is -2.46. The number of amides is 2. The van der Waals surface area contributed by atoms with Crippen molar-refractivity contribution in [3.8, 4) is 0 Å². The van der Waals surface area contributed by atoms with Crippen LogP contribution in [0.4, 0.5) is 10.1 Å². The molecule has 100 valence electrons. The van der Waals surface area contributed by atoms with E-state index in [0.717, 1.165) is 12.8 Å². The highest BCUT2D eigenvalue weighted by Gasteiger charge is 2.41. The molecule has 1 saturated heterocycles. The van der Waals surface area contributed by atoms with Crippen LogP contribution in [0.25, 0.3) is 0 Å². The van der Waals surface area contributed by atoms with Gasteiger partial charge in [0.2, 0.25) is 11.8 Å². The zero-order valence-corrected chi connectivity index (χ0v) is 10.4. The van der Waals surface area contributed by atoms with Gasteiger partial charge in [0, 0.05) is 18.7 Å². The van der Waals surface area contributed by atoms with Crippen LogP contribution in [0.5, 0.6) is 0 Å². The first-order valence-corrected chi connectivity index (χ1v) is 6.51. The van der Waals surface area contributed by atoms with Crippen molar-refractivity contribution in [2.24, 2.45) is 5.92 Å². The second-order valence-corrected chi connectivity index (χ2v) is 5.10. The predicted molar refractivity (Wildman–Crippen MR) is 68.0 cm³/mol. The molecule has 1 saturated carbocycles. The van der Waals surface area contributed by atoms with E-state index in [1.165, 1.54) is 12.1 Å². The van der Waals surface area contributed by atoms with Crippen LogP contribution in [-0.2, 0) is 9.59 Å². The van der Waals surface area contributed by atoms with E-state index in [2.05, 4.69) is 5.32 Å². The van der Waals surface area contributed by atoms with Crippen LogP contribution in [0.2, 0.25) is 0 Å². The zero-order valence-electron chi connectivity index (χ0n) is 10.4. The van der Waals surface area contributed by atoms with Gasteiger partial charge in [-0.25, -0.2) is 4.39 Å². The molecule has 5 heteroatoms. The molecule has 1 unspecified atom stereocenters. The lowest BCUT2D eigenvalue weighted by atomic mass is 10.1. The number of carbonyl (C=O) groups is 2. The van der Waals surface area contributed by atoms with Gasteiger partial charge in [-0.1, -0.05) is 0 Å². The average Bonchev–Trinajstić information content (AvgIpc) is 3.21. The van der Waals surface area contributed by atoms with Crippen LogP contribution in [0.1, 0.15) is 19.3 Å². The quantitative estimate of drug-likeness (QED) is 0.877. The Hall–Kier alpha value is -1.91. The molecule has 4 nitrogen and oxygen atoms in total. The van der Waals surface area contributed by atoms with Crippen molar-refractivity contribution in [1.82, 2.24) is 5.32 Å². The molecule has 1 aromatic rings. The maximum atomic E-state index is 12.9. The van der Waals surface area contributed by atoms with Crippen molar-refractivity contribution in [3.63, 3.8) is 0 Å². The van der Waals surface area contributed by atoms with Crippen LogP contribution in [0.15, 0.2) is 24.3 Å². The summed E-state index contributed by atoms with van der Waals surface area (Å²) in [5, 5.41) is 2.80. The van der Waals surface area contributed by atoms with E-state index in [4.69, 9.17) is 0 Å². The fourth-order valence-electron chi connectivity index (χ4n) is 2.43. The summed E-state index contributed by atoms with van der Waals surface area (Å²) in [5.41, 5.74) is 0.647. The molecule has 0 spiro atoms. The van der Waals surface area contributed by atoms with E-state index >= 15 is 0 Å². The number of hydrogen-bond acceptors (Lipinski definition) is 2. The number of carbonyl (C=O) groups excluding carboxylic acids is 2. The molecule has 2 fully saturated rings. The Balaban J connectivity index is 1.88. The Morgan fingerprint density at radius 2 is 1.84 bits per heavy atom. The average molecular weight is 262 g/mol. The molecule has 1 aliphatic carbocycles. The molecule has 1 aromatic carbocycles. The fourth-order valence-corrected chi connectivity index (χ4v) is 2.43. The van der Waals surface area contributed by atoms with Gasteiger partial charge in [0.05, 0.1) is 0 Å². The molecule has 2 amide bonds. The first-order valence-electron chi connectivity index (χ1n) is 6.51. The normalized spacial score (nSPS) is 24.1. The Morgan fingerprint density at radius 1 is 1.16 bits per heavy atom. The topological polar surface area (TPSA) is 49.4 Å². The second kappa shape index (κ2) is 4.64. The highest BCUT2D eigenvalue weighted by atomic mass is 19.1. The van der Waals surface area contributed by atoms with Crippen LogP contribution in [0, 0.1) is 11.7 Å². The van der Waals surface area contributed by atoms with Gasteiger partial charge >= 0.3 is 0 Å². The minimum atomic E-state index is -0.417. The number of rotatable bonds is 2. The number of anilines is 1. The van der Waals surface area contributed by atoms with Crippen molar-refractivity contribution in [2.45, 2.75) is 25.3 Å². The monoisotopic (exact) mass is 262 g/mol. The molecule has 1 aliphatic heterocycles. The van der Waals surface area contributed by atoms with E-state index in [1.54, 1.807) is 17.0 Å². The number of nitrogens with zero attached hydrogens (tertiary/aromatic N) is 1. The van der Waals surface area contributed by atoms with E-state index < -0.39 is 6.04 Å². The lowest BCUT2D eigenvalue weighted by molar-refractivity contribution is -0.126. The molecule has 19 heavy (non-hydrogen) atoms. The first-order chi connectivity index (χ1) is 9.15. The van der Waals surface area contributed by atoms with Gasteiger partial charge in [0.25, 0.3) is 0 Å². The second-order valence-electron chi connectivity index (χ2n) is 5.10. The van der Waals surface area contributed by atoms with Crippen molar-refractivity contribution in [3.05, 3.63) is 30.1 Å². The number of benzene rings is 1. The third-order valence-corrected chi connectivity index (χ3v) is 3.64. The Labute approximate surface area is 110 Å². The molecule has 0 bridgehead atoms. The zero-order chi connectivity index (χ0) is 13.4. The van der Waals surface area contributed by atoms with Gasteiger partial charge in [-0.05, 0) is 43.0 Å². The van der Waals surface area contributed by atoms with Crippen LogP contribution in [0.3, 0.4) is 0 Å². The SMILES string of the molecule is O=C1CCN(c2ccc(F)cc2)C(=O)C(C2CC2)N1. The van der Waals surface area contributed by atoms with Crippen molar-refractivity contribution < 1.29 is 14.0 Å². The predicted octanol–water partition coefficient (Wildman–Crippen LogP) is 1.46. The van der Waals surface area contributed by atoms with E-state index in [9.17, 15) is 14.0 Å². The smallest absolute Gasteiger partial charge is 0.249 e. The Kier molecular flexibility index (Phi) is 2.97. The summed E-state index contributed by atoms with van der Waals surface area (Å²) in [4.78, 5) is 25.7. The summed E-state index contributed by atoms with van der Waals surface area (Å²) in [7, 11) is 0. The van der Waals surface area contributed by atoms with Crippen molar-refractivity contribution in [2.75, 3.05) is 11.4 Å². The molecule has 1 atom stereocenters. The third-order valence-electron chi connectivity index (χ3n) is 3.64. The minimum absolute atomic E-state index is 0.0834. The highest BCUT2D eigenvalue weighted by Crippen LogP contribution is 2.35. The van der Waals surface area contributed by atoms with Gasteiger partial charge < -0.3 is 10.2 Å². The maximum Gasteiger partial charge on any atom is 0.249 e. The molecule has 0 aromatic heterocycles. The minimum Gasteiger partial charge on any atom is -0.344 e. The molecular formula is C14H15FN2O2. The van der Waals surface area contributed by atoms with Gasteiger partial charge in [0.1, 0.15) is 11.9 Å². The van der Waals surface area contributed by atoms with E-state index in [1.807, 2.05) is 0 Å². The highest BCUT2D eigenvalue weighted by molar-refractivity contribution is 6.01. The molecule has 3 rings (SSSR count). The van der Waals surface area contributed by atoms with E-state index in [0.29, 0.717) is 12.2 Å². The van der Waals surface area contributed by atoms with E-state index in [-0.39, 0.29) is 30.0 Å². The summed E-state index contributed by atoms with van der Waals surface area (Å²) in [6.07, 6.45) is 2.24. The molecule has 0 radical (unpaired) electrons. The maximum absolute atomic E-state index is 12.9. The summed E-state index contributed by atoms with van der Waals surface area (Å²) in [6.45, 7) is 0.347. The van der Waals surface area contributed by atoms with Gasteiger partial charge in [-0.2, -0.15) is 0 Å². The fraction of sp³-hybridized carbons (Fsp3) is 0.429. The molecule has 2 aliphatic rings. The Morgan fingerprint density at radius 3 is 2.47 bits per heavy atom. The van der Waals surface area contributed by atoms with Crippen LogP contribution >= 0.6 is 0 Å². The molecular weight excluding hydrogens is 247 g/mol. The van der Waals surface area contributed by atoms with Gasteiger partial charge in [0.15, 0.2) is 0 Å². The largest absolute Gasteiger partial charge is 0.344 e. The number of nitrogens with one attached hydrogen (secondary N) is 1. The van der Waals surface area contributed by atoms with Crippen LogP contribution in [-0.4, -0.2) is 24.4 Å². The molecule has 1 N–H and O–H groups in total. The summed E-state index contributed by atoms with van der Waals surface area (Å²) < 4.78 is 12.9.